The molecule has 2 aliphatic rings. The number of carbonyl (C=O) groups is 2. The van der Waals surface area contributed by atoms with Crippen molar-refractivity contribution in [2.45, 2.75) is 25.8 Å². The van der Waals surface area contributed by atoms with Gasteiger partial charge in [0.2, 0.25) is 5.91 Å². The number of carbonyl (C=O) groups excluding carboxylic acids is 1. The van der Waals surface area contributed by atoms with E-state index in [-0.39, 0.29) is 23.7 Å². The van der Waals surface area contributed by atoms with E-state index in [0.717, 1.165) is 11.9 Å². The number of hydrogen-bond donors (Lipinski definition) is 2. The lowest BCUT2D eigenvalue weighted by atomic mass is 9.61. The second-order valence-electron chi connectivity index (χ2n) is 7.78. The zero-order chi connectivity index (χ0) is 18.6. The highest BCUT2D eigenvalue weighted by molar-refractivity contribution is 6.33. The topological polar surface area (TPSA) is 86.9 Å². The van der Waals surface area contributed by atoms with Crippen LogP contribution in [-0.2, 0) is 10.3 Å². The second-order valence-corrected chi connectivity index (χ2v) is 8.18. The van der Waals surface area contributed by atoms with Gasteiger partial charge in [-0.1, -0.05) is 11.6 Å². The quantitative estimate of drug-likeness (QED) is 0.861. The molecule has 1 aliphatic carbocycles. The van der Waals surface area contributed by atoms with Crippen LogP contribution in [0.15, 0.2) is 24.5 Å². The third-order valence-electron chi connectivity index (χ3n) is 5.62. The lowest BCUT2D eigenvalue weighted by Gasteiger charge is -2.52. The van der Waals surface area contributed by atoms with Gasteiger partial charge in [0.15, 0.2) is 0 Å². The van der Waals surface area contributed by atoms with E-state index in [9.17, 15) is 9.59 Å². The number of carboxylic acid groups (broad SMARTS) is 1. The van der Waals surface area contributed by atoms with Crippen molar-refractivity contribution in [1.29, 1.82) is 0 Å². The Bertz CT molecular complexity index is 882. The van der Waals surface area contributed by atoms with Crippen LogP contribution in [0.3, 0.4) is 0 Å². The number of nitrogens with zero attached hydrogens (tertiary/aromatic N) is 3. The molecule has 0 aromatic carbocycles. The molecule has 3 atom stereocenters. The van der Waals surface area contributed by atoms with Crippen molar-refractivity contribution >= 4 is 29.1 Å². The lowest BCUT2D eigenvalue weighted by molar-refractivity contribution is -0.142. The summed E-state index contributed by atoms with van der Waals surface area (Å²) in [5.41, 5.74) is 0.119. The standard InChI is InChI=1S/C18H21ClN4O3/c1-18(2,16-20-7-13-12(19)4-3-5-23(13)16)21-15(24)14-10-6-11(14)9-22(8-10)17(25)26/h3-5,7,10-11,14H,6,8-9H2,1-2H3,(H,21,24)(H,25,26)/t10-,11+,14-. The van der Waals surface area contributed by atoms with Crippen molar-refractivity contribution < 1.29 is 14.7 Å². The minimum absolute atomic E-state index is 0.0277. The summed E-state index contributed by atoms with van der Waals surface area (Å²) in [5, 5.41) is 12.9. The van der Waals surface area contributed by atoms with Gasteiger partial charge < -0.3 is 19.7 Å². The first-order chi connectivity index (χ1) is 12.3. The van der Waals surface area contributed by atoms with E-state index in [1.807, 2.05) is 30.5 Å². The molecule has 0 spiro atoms. The molecule has 138 valence electrons. The van der Waals surface area contributed by atoms with Gasteiger partial charge >= 0.3 is 6.09 Å². The summed E-state index contributed by atoms with van der Waals surface area (Å²) in [5.74, 6) is 0.763. The van der Waals surface area contributed by atoms with Crippen LogP contribution in [0.2, 0.25) is 5.02 Å². The molecule has 2 bridgehead atoms. The number of likely N-dealkylation sites (tertiary alicyclic amines) is 1. The molecule has 0 radical (unpaired) electrons. The third kappa shape index (κ3) is 2.61. The van der Waals surface area contributed by atoms with Crippen LogP contribution < -0.4 is 5.32 Å². The molecule has 1 aliphatic heterocycles. The Balaban J connectivity index is 1.52. The predicted octanol–water partition coefficient (Wildman–Crippen LogP) is 2.58. The van der Waals surface area contributed by atoms with E-state index in [4.69, 9.17) is 16.7 Å². The molecule has 2 aromatic rings. The number of aromatic nitrogens is 2. The van der Waals surface area contributed by atoms with E-state index in [0.29, 0.717) is 23.9 Å². The number of hydrogen-bond acceptors (Lipinski definition) is 3. The summed E-state index contributed by atoms with van der Waals surface area (Å²) in [4.78, 5) is 29.9. The van der Waals surface area contributed by atoms with Crippen molar-refractivity contribution in [2.24, 2.45) is 17.8 Å². The van der Waals surface area contributed by atoms with Crippen molar-refractivity contribution in [3.8, 4) is 0 Å². The van der Waals surface area contributed by atoms with Crippen molar-refractivity contribution in [3.63, 3.8) is 0 Å². The van der Waals surface area contributed by atoms with Crippen LogP contribution in [0.25, 0.3) is 5.52 Å². The summed E-state index contributed by atoms with van der Waals surface area (Å²) in [6.07, 6.45) is 3.60. The summed E-state index contributed by atoms with van der Waals surface area (Å²) >= 11 is 6.21. The maximum Gasteiger partial charge on any atom is 0.407 e. The molecular weight excluding hydrogens is 356 g/mol. The van der Waals surface area contributed by atoms with Gasteiger partial charge in [-0.25, -0.2) is 9.78 Å². The largest absolute Gasteiger partial charge is 0.465 e. The van der Waals surface area contributed by atoms with Crippen LogP contribution in [0, 0.1) is 17.8 Å². The van der Waals surface area contributed by atoms with Crippen LogP contribution in [0.4, 0.5) is 4.79 Å². The zero-order valence-electron chi connectivity index (χ0n) is 14.6. The molecule has 4 rings (SSSR count). The number of piperidine rings is 2. The Labute approximate surface area is 156 Å². The van der Waals surface area contributed by atoms with Gasteiger partial charge in [0.05, 0.1) is 22.3 Å². The van der Waals surface area contributed by atoms with Gasteiger partial charge in [0.25, 0.3) is 0 Å². The highest BCUT2D eigenvalue weighted by Gasteiger charge is 2.52. The fourth-order valence-electron chi connectivity index (χ4n) is 4.37. The average molecular weight is 377 g/mol. The number of rotatable bonds is 3. The maximum absolute atomic E-state index is 12.9. The Morgan fingerprint density at radius 3 is 2.69 bits per heavy atom. The SMILES string of the molecule is CC(C)(NC(=O)[C@@H]1[C@@H]2C[C@H]1CN(C(=O)O)C2)c1ncc2c(Cl)cccn12. The number of nitrogens with one attached hydrogen (secondary N) is 1. The van der Waals surface area contributed by atoms with Gasteiger partial charge in [-0.05, 0) is 44.2 Å². The van der Waals surface area contributed by atoms with E-state index in [1.165, 1.54) is 4.90 Å². The molecular formula is C18H21ClN4O3. The average Bonchev–Trinajstić information content (AvgIpc) is 3.00. The van der Waals surface area contributed by atoms with Gasteiger partial charge in [-0.2, -0.15) is 0 Å². The van der Waals surface area contributed by atoms with Crippen molar-refractivity contribution in [3.05, 3.63) is 35.4 Å². The summed E-state index contributed by atoms with van der Waals surface area (Å²) in [7, 11) is 0. The normalized spacial score (nSPS) is 25.0. The zero-order valence-corrected chi connectivity index (χ0v) is 15.4. The molecule has 2 amide bonds. The summed E-state index contributed by atoms with van der Waals surface area (Å²) < 4.78 is 1.89. The van der Waals surface area contributed by atoms with Crippen LogP contribution >= 0.6 is 11.6 Å². The monoisotopic (exact) mass is 376 g/mol. The Kier molecular flexibility index (Phi) is 3.87. The van der Waals surface area contributed by atoms with Crippen LogP contribution in [0.5, 0.6) is 0 Å². The molecule has 2 N–H and O–H groups in total. The third-order valence-corrected chi connectivity index (χ3v) is 5.94. The van der Waals surface area contributed by atoms with E-state index in [1.54, 1.807) is 12.3 Å². The summed E-state index contributed by atoms with van der Waals surface area (Å²) in [6.45, 7) is 4.70. The first-order valence-corrected chi connectivity index (χ1v) is 9.07. The smallest absolute Gasteiger partial charge is 0.407 e. The molecule has 0 unspecified atom stereocenters. The highest BCUT2D eigenvalue weighted by Crippen LogP contribution is 2.46. The van der Waals surface area contributed by atoms with Gasteiger partial charge in [0.1, 0.15) is 5.82 Å². The van der Waals surface area contributed by atoms with Gasteiger partial charge in [-0.15, -0.1) is 0 Å². The predicted molar refractivity (Wildman–Crippen MR) is 96.1 cm³/mol. The highest BCUT2D eigenvalue weighted by atomic mass is 35.5. The van der Waals surface area contributed by atoms with Crippen molar-refractivity contribution in [1.82, 2.24) is 19.6 Å². The Morgan fingerprint density at radius 1 is 1.35 bits per heavy atom. The van der Waals surface area contributed by atoms with Crippen LogP contribution in [0.1, 0.15) is 26.1 Å². The molecule has 7 nitrogen and oxygen atoms in total. The molecule has 26 heavy (non-hydrogen) atoms. The number of halogens is 1. The van der Waals surface area contributed by atoms with E-state index >= 15 is 0 Å². The number of imidazole rings is 1. The number of amides is 2. The Morgan fingerprint density at radius 2 is 2.04 bits per heavy atom. The van der Waals surface area contributed by atoms with E-state index < -0.39 is 11.6 Å². The van der Waals surface area contributed by atoms with Crippen LogP contribution in [-0.4, -0.2) is 44.5 Å². The number of pyridine rings is 1. The minimum atomic E-state index is -0.903. The summed E-state index contributed by atoms with van der Waals surface area (Å²) in [6, 6.07) is 3.65. The molecule has 2 fully saturated rings. The molecule has 8 heteroatoms. The van der Waals surface area contributed by atoms with E-state index in [2.05, 4.69) is 10.3 Å². The fraction of sp³-hybridized carbons (Fsp3) is 0.500. The van der Waals surface area contributed by atoms with Gasteiger partial charge in [-0.3, -0.25) is 4.79 Å². The maximum atomic E-state index is 12.9. The lowest BCUT2D eigenvalue weighted by Crippen LogP contribution is -2.62. The first kappa shape index (κ1) is 17.1. The second kappa shape index (κ2) is 5.87. The minimum Gasteiger partial charge on any atom is -0.465 e. The Hall–Kier alpha value is -2.28. The van der Waals surface area contributed by atoms with Crippen molar-refractivity contribution in [2.75, 3.05) is 13.1 Å². The van der Waals surface area contributed by atoms with Gasteiger partial charge in [0, 0.05) is 25.2 Å². The molecule has 2 aromatic heterocycles. The molecule has 1 saturated carbocycles. The molecule has 3 heterocycles. The fourth-order valence-corrected chi connectivity index (χ4v) is 4.58. The first-order valence-electron chi connectivity index (χ1n) is 8.70. The molecule has 1 saturated heterocycles. The number of fused-ring (bicyclic) bond motifs is 3.